The van der Waals surface area contributed by atoms with Gasteiger partial charge in [-0.15, -0.1) is 0 Å². The Morgan fingerprint density at radius 3 is 3.15 bits per heavy atom. The summed E-state index contributed by atoms with van der Waals surface area (Å²) in [6, 6.07) is 0. The first-order valence-electron chi connectivity index (χ1n) is 4.52. The number of hydrogen-bond acceptors (Lipinski definition) is 3. The fourth-order valence-corrected chi connectivity index (χ4v) is 1.90. The summed E-state index contributed by atoms with van der Waals surface area (Å²) >= 11 is 0. The third-order valence-electron chi connectivity index (χ3n) is 2.58. The zero-order valence-electron chi connectivity index (χ0n) is 7.63. The van der Waals surface area contributed by atoms with E-state index < -0.39 is 0 Å². The molecule has 4 nitrogen and oxygen atoms in total. The molecule has 3 N–H and O–H groups in total. The molecule has 1 unspecified atom stereocenters. The summed E-state index contributed by atoms with van der Waals surface area (Å²) in [5, 5.41) is 0. The van der Waals surface area contributed by atoms with Gasteiger partial charge in [0.05, 0.1) is 5.69 Å². The van der Waals surface area contributed by atoms with Crippen LogP contribution < -0.4 is 11.3 Å². The Morgan fingerprint density at radius 2 is 2.46 bits per heavy atom. The molecule has 2 rings (SSSR count). The summed E-state index contributed by atoms with van der Waals surface area (Å²) in [6.07, 6.45) is 1.78. The van der Waals surface area contributed by atoms with Crippen LogP contribution in [-0.2, 0) is 6.42 Å². The number of nitrogens with two attached hydrogens (primary N) is 1. The summed E-state index contributed by atoms with van der Waals surface area (Å²) in [6.45, 7) is 2.39. The summed E-state index contributed by atoms with van der Waals surface area (Å²) < 4.78 is 0. The first-order valence-corrected chi connectivity index (χ1v) is 4.52. The van der Waals surface area contributed by atoms with Gasteiger partial charge in [0.25, 0.3) is 5.56 Å². The van der Waals surface area contributed by atoms with Gasteiger partial charge in [0.2, 0.25) is 0 Å². The van der Waals surface area contributed by atoms with Crippen LogP contribution in [0, 0.1) is 6.92 Å². The number of aryl methyl sites for hydroxylation is 1. The SMILES string of the molecule is Cc1nc2c(c(=O)[nH]1)CCC2CN. The summed E-state index contributed by atoms with van der Waals surface area (Å²) in [7, 11) is 0. The van der Waals surface area contributed by atoms with E-state index in [9.17, 15) is 4.79 Å². The number of aromatic nitrogens is 2. The van der Waals surface area contributed by atoms with Crippen molar-refractivity contribution < 1.29 is 0 Å². The van der Waals surface area contributed by atoms with E-state index in [0.29, 0.717) is 12.4 Å². The quantitative estimate of drug-likeness (QED) is 0.640. The Labute approximate surface area is 76.2 Å². The summed E-state index contributed by atoms with van der Waals surface area (Å²) in [5.41, 5.74) is 7.36. The zero-order chi connectivity index (χ0) is 9.42. The number of aromatic amines is 1. The lowest BCUT2D eigenvalue weighted by atomic mass is 10.1. The van der Waals surface area contributed by atoms with E-state index >= 15 is 0 Å². The number of H-pyrrole nitrogens is 1. The standard InChI is InChI=1S/C9H13N3O/c1-5-11-8-6(4-10)2-3-7(8)9(13)12-5/h6H,2-4,10H2,1H3,(H,11,12,13). The molecule has 0 aliphatic heterocycles. The monoisotopic (exact) mass is 179 g/mol. The first-order chi connectivity index (χ1) is 6.22. The molecule has 70 valence electrons. The van der Waals surface area contributed by atoms with Gasteiger partial charge in [-0.05, 0) is 19.8 Å². The lowest BCUT2D eigenvalue weighted by Gasteiger charge is -2.06. The van der Waals surface area contributed by atoms with Crippen molar-refractivity contribution in [3.05, 3.63) is 27.4 Å². The van der Waals surface area contributed by atoms with Crippen LogP contribution in [0.15, 0.2) is 4.79 Å². The molecule has 0 aromatic carbocycles. The highest BCUT2D eigenvalue weighted by Gasteiger charge is 2.25. The Hall–Kier alpha value is -1.16. The molecule has 13 heavy (non-hydrogen) atoms. The number of fused-ring (bicyclic) bond motifs is 1. The topological polar surface area (TPSA) is 71.8 Å². The van der Waals surface area contributed by atoms with Gasteiger partial charge >= 0.3 is 0 Å². The number of nitrogens with one attached hydrogen (secondary N) is 1. The molecule has 0 bridgehead atoms. The normalized spacial score (nSPS) is 20.3. The van der Waals surface area contributed by atoms with E-state index in [0.717, 1.165) is 24.1 Å². The molecule has 1 aromatic rings. The van der Waals surface area contributed by atoms with Crippen LogP contribution >= 0.6 is 0 Å². The van der Waals surface area contributed by atoms with Gasteiger partial charge in [0.15, 0.2) is 0 Å². The van der Waals surface area contributed by atoms with Crippen molar-refractivity contribution in [3.8, 4) is 0 Å². The van der Waals surface area contributed by atoms with Crippen molar-refractivity contribution in [2.75, 3.05) is 6.54 Å². The molecule has 0 saturated heterocycles. The molecule has 0 radical (unpaired) electrons. The van der Waals surface area contributed by atoms with Crippen molar-refractivity contribution in [2.24, 2.45) is 5.73 Å². The Balaban J connectivity index is 2.58. The maximum absolute atomic E-state index is 11.5. The molecule has 0 amide bonds. The minimum Gasteiger partial charge on any atom is -0.330 e. The Kier molecular flexibility index (Phi) is 1.92. The van der Waals surface area contributed by atoms with Gasteiger partial charge < -0.3 is 10.7 Å². The number of rotatable bonds is 1. The average molecular weight is 179 g/mol. The molecule has 4 heteroatoms. The minimum absolute atomic E-state index is 0.0125. The van der Waals surface area contributed by atoms with Gasteiger partial charge in [0, 0.05) is 18.0 Å². The summed E-state index contributed by atoms with van der Waals surface area (Å²) in [5.74, 6) is 0.972. The molecule has 1 atom stereocenters. The second-order valence-electron chi connectivity index (χ2n) is 3.49. The molecule has 1 aromatic heterocycles. The number of hydrogen-bond donors (Lipinski definition) is 2. The van der Waals surface area contributed by atoms with Gasteiger partial charge in [-0.25, -0.2) is 4.98 Å². The second-order valence-corrected chi connectivity index (χ2v) is 3.49. The minimum atomic E-state index is 0.0125. The molecule has 1 aliphatic carbocycles. The van der Waals surface area contributed by atoms with Gasteiger partial charge in [-0.3, -0.25) is 4.79 Å². The van der Waals surface area contributed by atoms with Crippen LogP contribution in [0.4, 0.5) is 0 Å². The lowest BCUT2D eigenvalue weighted by molar-refractivity contribution is 0.671. The smallest absolute Gasteiger partial charge is 0.254 e. The van der Waals surface area contributed by atoms with Crippen LogP contribution in [0.1, 0.15) is 29.4 Å². The molecular formula is C9H13N3O. The average Bonchev–Trinajstić information content (AvgIpc) is 2.47. The Morgan fingerprint density at radius 1 is 1.69 bits per heavy atom. The van der Waals surface area contributed by atoms with E-state index in [2.05, 4.69) is 9.97 Å². The molecule has 1 heterocycles. The van der Waals surface area contributed by atoms with Crippen LogP contribution in [0.25, 0.3) is 0 Å². The van der Waals surface area contributed by atoms with Crippen LogP contribution in [0.3, 0.4) is 0 Å². The largest absolute Gasteiger partial charge is 0.330 e. The van der Waals surface area contributed by atoms with Gasteiger partial charge in [0.1, 0.15) is 5.82 Å². The van der Waals surface area contributed by atoms with Crippen molar-refractivity contribution in [1.82, 2.24) is 9.97 Å². The zero-order valence-corrected chi connectivity index (χ0v) is 7.63. The fraction of sp³-hybridized carbons (Fsp3) is 0.556. The van der Waals surface area contributed by atoms with Crippen LogP contribution in [0.2, 0.25) is 0 Å². The maximum atomic E-state index is 11.5. The Bertz CT molecular complexity index is 383. The second kappa shape index (κ2) is 2.96. The highest BCUT2D eigenvalue weighted by molar-refractivity contribution is 5.27. The predicted molar refractivity (Wildman–Crippen MR) is 49.7 cm³/mol. The highest BCUT2D eigenvalue weighted by Crippen LogP contribution is 2.27. The molecule has 0 fully saturated rings. The maximum Gasteiger partial charge on any atom is 0.254 e. The van der Waals surface area contributed by atoms with E-state index in [1.807, 2.05) is 0 Å². The van der Waals surface area contributed by atoms with Gasteiger partial charge in [-0.1, -0.05) is 0 Å². The van der Waals surface area contributed by atoms with Crippen molar-refractivity contribution in [1.29, 1.82) is 0 Å². The number of nitrogens with zero attached hydrogens (tertiary/aromatic N) is 1. The van der Waals surface area contributed by atoms with E-state index in [1.165, 1.54) is 0 Å². The highest BCUT2D eigenvalue weighted by atomic mass is 16.1. The third-order valence-corrected chi connectivity index (χ3v) is 2.58. The van der Waals surface area contributed by atoms with Crippen molar-refractivity contribution in [3.63, 3.8) is 0 Å². The molecule has 0 spiro atoms. The lowest BCUT2D eigenvalue weighted by Crippen LogP contribution is -2.18. The first kappa shape index (κ1) is 8.44. The molecular weight excluding hydrogens is 166 g/mol. The third kappa shape index (κ3) is 1.27. The molecule has 0 saturated carbocycles. The van der Waals surface area contributed by atoms with E-state index in [4.69, 9.17) is 5.73 Å². The summed E-state index contributed by atoms with van der Waals surface area (Å²) in [4.78, 5) is 18.5. The van der Waals surface area contributed by atoms with Crippen LogP contribution in [0.5, 0.6) is 0 Å². The van der Waals surface area contributed by atoms with Gasteiger partial charge in [-0.2, -0.15) is 0 Å². The van der Waals surface area contributed by atoms with Crippen molar-refractivity contribution in [2.45, 2.75) is 25.7 Å². The fourth-order valence-electron chi connectivity index (χ4n) is 1.90. The van der Waals surface area contributed by atoms with Crippen molar-refractivity contribution >= 4 is 0 Å². The van der Waals surface area contributed by atoms with E-state index in [-0.39, 0.29) is 11.5 Å². The van der Waals surface area contributed by atoms with Crippen LogP contribution in [-0.4, -0.2) is 16.5 Å². The predicted octanol–water partition coefficient (Wildman–Crippen LogP) is 0.0668. The molecule has 1 aliphatic rings. The van der Waals surface area contributed by atoms with E-state index in [1.54, 1.807) is 6.92 Å².